The van der Waals surface area contributed by atoms with Crippen LogP contribution < -0.4 is 5.32 Å². The SMILES string of the molecule is COC(=O)c1nc(NCC2(C(C)C)CC2)sc1C. The van der Waals surface area contributed by atoms with E-state index < -0.39 is 0 Å². The minimum Gasteiger partial charge on any atom is -0.464 e. The molecule has 0 amide bonds. The van der Waals surface area contributed by atoms with E-state index in [1.165, 1.54) is 31.3 Å². The summed E-state index contributed by atoms with van der Waals surface area (Å²) < 4.78 is 4.70. The second-order valence-electron chi connectivity index (χ2n) is 5.29. The van der Waals surface area contributed by atoms with Crippen molar-refractivity contribution in [3.8, 4) is 0 Å². The molecule has 1 aliphatic rings. The highest BCUT2D eigenvalue weighted by molar-refractivity contribution is 7.15. The van der Waals surface area contributed by atoms with Gasteiger partial charge in [-0.2, -0.15) is 0 Å². The molecule has 0 aromatic carbocycles. The first-order valence-electron chi connectivity index (χ1n) is 6.28. The topological polar surface area (TPSA) is 51.2 Å². The fraction of sp³-hybridized carbons (Fsp3) is 0.692. The Hall–Kier alpha value is -1.10. The van der Waals surface area contributed by atoms with Crippen molar-refractivity contribution < 1.29 is 9.53 Å². The molecule has 0 saturated heterocycles. The molecular formula is C13H20N2O2S. The summed E-state index contributed by atoms with van der Waals surface area (Å²) in [5.74, 6) is 0.327. The molecule has 18 heavy (non-hydrogen) atoms. The lowest BCUT2D eigenvalue weighted by atomic mass is 9.92. The van der Waals surface area contributed by atoms with E-state index in [2.05, 4.69) is 24.1 Å². The average Bonchev–Trinajstić information content (AvgIpc) is 3.05. The van der Waals surface area contributed by atoms with Gasteiger partial charge < -0.3 is 10.1 Å². The van der Waals surface area contributed by atoms with E-state index in [9.17, 15) is 4.79 Å². The zero-order chi connectivity index (χ0) is 13.3. The average molecular weight is 268 g/mol. The normalized spacial score (nSPS) is 16.7. The molecule has 0 spiro atoms. The molecule has 100 valence electrons. The Balaban J connectivity index is 2.01. The van der Waals surface area contributed by atoms with Crippen molar-refractivity contribution in [1.29, 1.82) is 0 Å². The molecule has 0 bridgehead atoms. The molecule has 2 rings (SSSR count). The largest absolute Gasteiger partial charge is 0.464 e. The van der Waals surface area contributed by atoms with Crippen LogP contribution in [-0.4, -0.2) is 24.6 Å². The fourth-order valence-corrected chi connectivity index (χ4v) is 2.93. The Morgan fingerprint density at radius 2 is 2.22 bits per heavy atom. The van der Waals surface area contributed by atoms with Gasteiger partial charge in [0.05, 0.1) is 7.11 Å². The molecule has 0 atom stereocenters. The fourth-order valence-electron chi connectivity index (χ4n) is 2.13. The van der Waals surface area contributed by atoms with Gasteiger partial charge in [0.15, 0.2) is 10.8 Å². The summed E-state index contributed by atoms with van der Waals surface area (Å²) in [6.45, 7) is 7.37. The number of carbonyl (C=O) groups is 1. The molecule has 1 aliphatic carbocycles. The Morgan fingerprint density at radius 1 is 1.56 bits per heavy atom. The van der Waals surface area contributed by atoms with Gasteiger partial charge in [0.2, 0.25) is 0 Å². The number of esters is 1. The van der Waals surface area contributed by atoms with Gasteiger partial charge >= 0.3 is 5.97 Å². The lowest BCUT2D eigenvalue weighted by Gasteiger charge is -2.19. The number of methoxy groups -OCH3 is 1. The van der Waals surface area contributed by atoms with Gasteiger partial charge in [-0.1, -0.05) is 13.8 Å². The standard InChI is InChI=1S/C13H20N2O2S/c1-8(2)13(5-6-13)7-14-12-15-10(9(3)18-12)11(16)17-4/h8H,5-7H2,1-4H3,(H,14,15). The molecule has 0 unspecified atom stereocenters. The molecule has 1 saturated carbocycles. The minimum atomic E-state index is -0.359. The summed E-state index contributed by atoms with van der Waals surface area (Å²) in [5.41, 5.74) is 0.866. The van der Waals surface area contributed by atoms with Crippen molar-refractivity contribution in [2.24, 2.45) is 11.3 Å². The van der Waals surface area contributed by atoms with Crippen LogP contribution in [0.2, 0.25) is 0 Å². The Labute approximate surface area is 112 Å². The highest BCUT2D eigenvalue weighted by Gasteiger charge is 2.45. The summed E-state index contributed by atoms with van der Waals surface area (Å²) in [5, 5.41) is 4.19. The Kier molecular flexibility index (Phi) is 3.61. The van der Waals surface area contributed by atoms with Crippen molar-refractivity contribution in [3.05, 3.63) is 10.6 Å². The van der Waals surface area contributed by atoms with Crippen molar-refractivity contribution in [1.82, 2.24) is 4.98 Å². The van der Waals surface area contributed by atoms with Crippen LogP contribution in [0.25, 0.3) is 0 Å². The number of hydrogen-bond acceptors (Lipinski definition) is 5. The van der Waals surface area contributed by atoms with Gasteiger partial charge in [0, 0.05) is 11.4 Å². The quantitative estimate of drug-likeness (QED) is 0.834. The highest BCUT2D eigenvalue weighted by Crippen LogP contribution is 2.51. The first kappa shape index (κ1) is 13.3. The number of rotatable bonds is 5. The number of aryl methyl sites for hydroxylation is 1. The van der Waals surface area contributed by atoms with E-state index in [4.69, 9.17) is 4.74 Å². The zero-order valence-electron chi connectivity index (χ0n) is 11.4. The number of nitrogens with one attached hydrogen (secondary N) is 1. The van der Waals surface area contributed by atoms with E-state index in [0.717, 1.165) is 16.6 Å². The molecular weight excluding hydrogens is 248 g/mol. The molecule has 1 aromatic heterocycles. The van der Waals surface area contributed by atoms with Crippen LogP contribution in [0.3, 0.4) is 0 Å². The highest BCUT2D eigenvalue weighted by atomic mass is 32.1. The van der Waals surface area contributed by atoms with Gasteiger partial charge in [-0.25, -0.2) is 9.78 Å². The molecule has 1 N–H and O–H groups in total. The predicted molar refractivity (Wildman–Crippen MR) is 73.2 cm³/mol. The first-order chi connectivity index (χ1) is 8.48. The van der Waals surface area contributed by atoms with E-state index in [-0.39, 0.29) is 5.97 Å². The third-order valence-corrected chi connectivity index (χ3v) is 4.81. The second-order valence-corrected chi connectivity index (χ2v) is 6.49. The van der Waals surface area contributed by atoms with E-state index in [1.54, 1.807) is 0 Å². The third kappa shape index (κ3) is 2.51. The van der Waals surface area contributed by atoms with Crippen LogP contribution >= 0.6 is 11.3 Å². The van der Waals surface area contributed by atoms with Gasteiger partial charge in [-0.05, 0) is 31.1 Å². The number of ether oxygens (including phenoxy) is 1. The predicted octanol–water partition coefficient (Wildman–Crippen LogP) is 3.09. The summed E-state index contributed by atoms with van der Waals surface area (Å²) >= 11 is 1.52. The Bertz CT molecular complexity index is 450. The summed E-state index contributed by atoms with van der Waals surface area (Å²) in [6.07, 6.45) is 2.57. The van der Waals surface area contributed by atoms with Crippen LogP contribution in [0.1, 0.15) is 42.1 Å². The maximum atomic E-state index is 11.5. The number of thiazole rings is 1. The molecule has 1 fully saturated rings. The Morgan fingerprint density at radius 3 is 2.72 bits per heavy atom. The summed E-state index contributed by atoms with van der Waals surface area (Å²) in [4.78, 5) is 16.7. The van der Waals surface area contributed by atoms with Gasteiger partial charge in [0.1, 0.15) is 0 Å². The number of anilines is 1. The minimum absolute atomic E-state index is 0.359. The van der Waals surface area contributed by atoms with Crippen LogP contribution in [0.15, 0.2) is 0 Å². The number of carbonyl (C=O) groups excluding carboxylic acids is 1. The number of aromatic nitrogens is 1. The zero-order valence-corrected chi connectivity index (χ0v) is 12.2. The number of nitrogens with zero attached hydrogens (tertiary/aromatic N) is 1. The van der Waals surface area contributed by atoms with Crippen molar-refractivity contribution in [3.63, 3.8) is 0 Å². The molecule has 0 radical (unpaired) electrons. The van der Waals surface area contributed by atoms with Crippen LogP contribution in [0.5, 0.6) is 0 Å². The van der Waals surface area contributed by atoms with E-state index >= 15 is 0 Å². The van der Waals surface area contributed by atoms with Crippen molar-refractivity contribution in [2.45, 2.75) is 33.6 Å². The maximum absolute atomic E-state index is 11.5. The summed E-state index contributed by atoms with van der Waals surface area (Å²) in [6, 6.07) is 0. The molecule has 5 heteroatoms. The maximum Gasteiger partial charge on any atom is 0.357 e. The van der Waals surface area contributed by atoms with Gasteiger partial charge in [-0.15, -0.1) is 11.3 Å². The third-order valence-electron chi connectivity index (χ3n) is 3.88. The van der Waals surface area contributed by atoms with Crippen molar-refractivity contribution in [2.75, 3.05) is 19.0 Å². The van der Waals surface area contributed by atoms with E-state index in [1.807, 2.05) is 6.92 Å². The van der Waals surface area contributed by atoms with Crippen LogP contribution in [-0.2, 0) is 4.74 Å². The molecule has 1 heterocycles. The van der Waals surface area contributed by atoms with Crippen molar-refractivity contribution >= 4 is 22.4 Å². The van der Waals surface area contributed by atoms with Crippen LogP contribution in [0.4, 0.5) is 5.13 Å². The smallest absolute Gasteiger partial charge is 0.357 e. The molecule has 1 aromatic rings. The lowest BCUT2D eigenvalue weighted by molar-refractivity contribution is 0.0594. The second kappa shape index (κ2) is 4.88. The first-order valence-corrected chi connectivity index (χ1v) is 7.10. The monoisotopic (exact) mass is 268 g/mol. The van der Waals surface area contributed by atoms with Crippen LogP contribution in [0, 0.1) is 18.3 Å². The molecule has 0 aliphatic heterocycles. The van der Waals surface area contributed by atoms with E-state index in [0.29, 0.717) is 17.0 Å². The van der Waals surface area contributed by atoms with Gasteiger partial charge in [-0.3, -0.25) is 0 Å². The van der Waals surface area contributed by atoms with Gasteiger partial charge in [0.25, 0.3) is 0 Å². The number of hydrogen-bond donors (Lipinski definition) is 1. The lowest BCUT2D eigenvalue weighted by Crippen LogP contribution is -2.20. The molecule has 4 nitrogen and oxygen atoms in total. The summed E-state index contributed by atoms with van der Waals surface area (Å²) in [7, 11) is 1.38.